The van der Waals surface area contributed by atoms with Crippen molar-refractivity contribution < 1.29 is 4.79 Å². The molecule has 16 heavy (non-hydrogen) atoms. The van der Waals surface area contributed by atoms with Crippen LogP contribution in [0.5, 0.6) is 0 Å². The maximum atomic E-state index is 11.6. The van der Waals surface area contributed by atoms with Crippen LogP contribution in [-0.4, -0.2) is 27.2 Å². The highest BCUT2D eigenvalue weighted by Gasteiger charge is 2.15. The molecule has 0 saturated heterocycles. The molecule has 8 heteroatoms. The van der Waals surface area contributed by atoms with Gasteiger partial charge in [0.2, 0.25) is 0 Å². The van der Waals surface area contributed by atoms with Crippen molar-refractivity contribution >= 4 is 45.9 Å². The first-order chi connectivity index (χ1) is 7.45. The van der Waals surface area contributed by atoms with Gasteiger partial charge in [-0.05, 0) is 13.2 Å². The zero-order valence-corrected chi connectivity index (χ0v) is 10.3. The number of carbonyl (C=O) groups is 1. The Morgan fingerprint density at radius 3 is 2.56 bits per heavy atom. The zero-order valence-electron chi connectivity index (χ0n) is 8.69. The molecule has 86 valence electrons. The summed E-state index contributed by atoms with van der Waals surface area (Å²) in [6.45, 7) is 1.70. The maximum Gasteiger partial charge on any atom is 0.300 e. The molecule has 1 rings (SSSR count). The second kappa shape index (κ2) is 5.13. The van der Waals surface area contributed by atoms with Crippen LogP contribution in [0.2, 0.25) is 5.15 Å². The van der Waals surface area contributed by atoms with Crippen LogP contribution in [0.3, 0.4) is 0 Å². The van der Waals surface area contributed by atoms with Gasteiger partial charge < -0.3 is 11.5 Å². The highest BCUT2D eigenvalue weighted by atomic mass is 35.5. The van der Waals surface area contributed by atoms with Crippen molar-refractivity contribution in [3.05, 3.63) is 10.8 Å². The second-order valence-electron chi connectivity index (χ2n) is 2.77. The number of nitrogen functional groups attached to an aromatic ring is 2. The molecular formula is C8H10ClN5OS. The van der Waals surface area contributed by atoms with E-state index in [9.17, 15) is 4.79 Å². The molecule has 0 aliphatic heterocycles. The van der Waals surface area contributed by atoms with Gasteiger partial charge in [-0.15, -0.1) is 11.8 Å². The number of nitrogens with zero attached hydrogens (tertiary/aromatic N) is 3. The molecule has 0 aromatic carbocycles. The summed E-state index contributed by atoms with van der Waals surface area (Å²) in [5.74, 6) is -0.676. The van der Waals surface area contributed by atoms with Crippen molar-refractivity contribution in [1.82, 2.24) is 9.97 Å². The Morgan fingerprint density at radius 2 is 2.00 bits per heavy atom. The first-order valence-electron chi connectivity index (χ1n) is 4.17. The molecule has 0 fully saturated rings. The van der Waals surface area contributed by atoms with E-state index in [1.165, 1.54) is 11.8 Å². The minimum Gasteiger partial charge on any atom is -0.382 e. The average Bonchev–Trinajstić information content (AvgIpc) is 2.23. The quantitative estimate of drug-likeness (QED) is 0.580. The lowest BCUT2D eigenvalue weighted by molar-refractivity contribution is 0.0999. The summed E-state index contributed by atoms with van der Waals surface area (Å²) in [7, 11) is 0. The standard InChI is InChI=1S/C8H10ClN5OS/c1-3(16-2)12-8(15)4-6(10)14-7(11)5(9)13-4/h1-2H3,(H4,10,11,14). The third-order valence-electron chi connectivity index (χ3n) is 1.66. The van der Waals surface area contributed by atoms with Crippen LogP contribution in [0, 0.1) is 0 Å². The van der Waals surface area contributed by atoms with E-state index in [0.717, 1.165) is 0 Å². The zero-order chi connectivity index (χ0) is 12.3. The summed E-state index contributed by atoms with van der Waals surface area (Å²) in [6.07, 6.45) is 1.80. The predicted octanol–water partition coefficient (Wildman–Crippen LogP) is 1.22. The van der Waals surface area contributed by atoms with Crippen LogP contribution in [0.4, 0.5) is 11.6 Å². The van der Waals surface area contributed by atoms with Gasteiger partial charge in [0.25, 0.3) is 5.91 Å². The normalized spacial score (nSPS) is 11.6. The predicted molar refractivity (Wildman–Crippen MR) is 66.8 cm³/mol. The fraction of sp³-hybridized carbons (Fsp3) is 0.250. The van der Waals surface area contributed by atoms with Crippen LogP contribution in [-0.2, 0) is 0 Å². The Labute approximate surface area is 101 Å². The van der Waals surface area contributed by atoms with E-state index in [1.807, 2.05) is 0 Å². The Kier molecular flexibility index (Phi) is 4.08. The van der Waals surface area contributed by atoms with Gasteiger partial charge in [0, 0.05) is 0 Å². The van der Waals surface area contributed by atoms with E-state index in [0.29, 0.717) is 5.04 Å². The summed E-state index contributed by atoms with van der Waals surface area (Å²) >= 11 is 6.98. The smallest absolute Gasteiger partial charge is 0.300 e. The number of hydrogen-bond acceptors (Lipinski definition) is 6. The molecule has 0 unspecified atom stereocenters. The van der Waals surface area contributed by atoms with Crippen LogP contribution in [0.25, 0.3) is 0 Å². The molecule has 0 bridgehead atoms. The van der Waals surface area contributed by atoms with Crippen molar-refractivity contribution in [3.63, 3.8) is 0 Å². The van der Waals surface area contributed by atoms with Crippen LogP contribution in [0.1, 0.15) is 17.4 Å². The van der Waals surface area contributed by atoms with E-state index >= 15 is 0 Å². The highest BCUT2D eigenvalue weighted by Crippen LogP contribution is 2.18. The number of halogens is 1. The van der Waals surface area contributed by atoms with Crippen molar-refractivity contribution in [2.45, 2.75) is 6.92 Å². The van der Waals surface area contributed by atoms with Crippen LogP contribution in [0.15, 0.2) is 4.99 Å². The van der Waals surface area contributed by atoms with Crippen LogP contribution >= 0.6 is 23.4 Å². The summed E-state index contributed by atoms with van der Waals surface area (Å²) < 4.78 is 0. The molecule has 1 aromatic rings. The molecular weight excluding hydrogens is 250 g/mol. The molecule has 0 saturated carbocycles. The topological polar surface area (TPSA) is 107 Å². The lowest BCUT2D eigenvalue weighted by Crippen LogP contribution is -2.10. The molecule has 0 atom stereocenters. The van der Waals surface area contributed by atoms with Gasteiger partial charge in [-0.25, -0.2) is 15.0 Å². The largest absolute Gasteiger partial charge is 0.382 e. The van der Waals surface area contributed by atoms with Crippen molar-refractivity contribution in [2.75, 3.05) is 17.7 Å². The lowest BCUT2D eigenvalue weighted by atomic mass is 10.4. The van der Waals surface area contributed by atoms with Gasteiger partial charge in [0.05, 0.1) is 5.04 Å². The molecule has 4 N–H and O–H groups in total. The highest BCUT2D eigenvalue weighted by molar-refractivity contribution is 8.13. The first kappa shape index (κ1) is 12.7. The molecule has 0 aliphatic carbocycles. The molecule has 1 heterocycles. The van der Waals surface area contributed by atoms with Gasteiger partial charge in [-0.1, -0.05) is 11.6 Å². The minimum absolute atomic E-state index is 0.0127. The van der Waals surface area contributed by atoms with Gasteiger partial charge in [-0.2, -0.15) is 0 Å². The van der Waals surface area contributed by atoms with Gasteiger partial charge >= 0.3 is 0 Å². The molecule has 1 aromatic heterocycles. The average molecular weight is 260 g/mol. The Morgan fingerprint density at radius 1 is 1.38 bits per heavy atom. The summed E-state index contributed by atoms with van der Waals surface area (Å²) in [5, 5.41) is 0.536. The minimum atomic E-state index is -0.584. The first-order valence-corrected chi connectivity index (χ1v) is 5.78. The fourth-order valence-electron chi connectivity index (χ4n) is 0.841. The third-order valence-corrected chi connectivity index (χ3v) is 2.62. The number of anilines is 2. The third kappa shape index (κ3) is 2.83. The monoisotopic (exact) mass is 259 g/mol. The number of aromatic nitrogens is 2. The lowest BCUT2D eigenvalue weighted by Gasteiger charge is -2.03. The summed E-state index contributed by atoms with van der Waals surface area (Å²) in [6, 6.07) is 0. The maximum absolute atomic E-state index is 11.6. The number of nitrogens with two attached hydrogens (primary N) is 2. The number of thioether (sulfide) groups is 1. The molecule has 0 radical (unpaired) electrons. The van der Waals surface area contributed by atoms with Gasteiger partial charge in [0.15, 0.2) is 22.5 Å². The van der Waals surface area contributed by atoms with Crippen molar-refractivity contribution in [1.29, 1.82) is 0 Å². The van der Waals surface area contributed by atoms with Crippen molar-refractivity contribution in [3.8, 4) is 0 Å². The number of aliphatic imine (C=N–C) groups is 1. The molecule has 6 nitrogen and oxygen atoms in total. The fourth-order valence-corrected chi connectivity index (χ4v) is 1.14. The SMILES string of the molecule is CSC(C)=NC(=O)c1nc(Cl)c(N)nc1N. The number of rotatable bonds is 1. The van der Waals surface area contributed by atoms with Crippen LogP contribution < -0.4 is 11.5 Å². The van der Waals surface area contributed by atoms with E-state index in [1.54, 1.807) is 13.2 Å². The van der Waals surface area contributed by atoms with Gasteiger partial charge in [0.1, 0.15) is 0 Å². The van der Waals surface area contributed by atoms with Gasteiger partial charge in [-0.3, -0.25) is 4.79 Å². The van der Waals surface area contributed by atoms with E-state index in [4.69, 9.17) is 23.1 Å². The van der Waals surface area contributed by atoms with E-state index in [-0.39, 0.29) is 22.5 Å². The van der Waals surface area contributed by atoms with E-state index in [2.05, 4.69) is 15.0 Å². The Balaban J connectivity index is 3.14. The molecule has 0 aliphatic rings. The number of hydrogen-bond donors (Lipinski definition) is 2. The number of amides is 1. The summed E-state index contributed by atoms with van der Waals surface area (Å²) in [5.41, 5.74) is 10.8. The number of carbonyl (C=O) groups excluding carboxylic acids is 1. The Hall–Kier alpha value is -1.34. The molecule has 0 spiro atoms. The van der Waals surface area contributed by atoms with Crippen molar-refractivity contribution in [2.24, 2.45) is 4.99 Å². The Bertz CT molecular complexity index is 462. The second-order valence-corrected chi connectivity index (χ2v) is 4.13. The molecule has 1 amide bonds. The summed E-state index contributed by atoms with van der Waals surface area (Å²) in [4.78, 5) is 22.8. The van der Waals surface area contributed by atoms with E-state index < -0.39 is 5.91 Å².